The van der Waals surface area contributed by atoms with Gasteiger partial charge in [0.25, 0.3) is 0 Å². The summed E-state index contributed by atoms with van der Waals surface area (Å²) in [6.07, 6.45) is -0.0586. The highest BCUT2D eigenvalue weighted by atomic mass is 16.5. The van der Waals surface area contributed by atoms with Gasteiger partial charge in [-0.2, -0.15) is 5.10 Å². The first kappa shape index (κ1) is 11.2. The van der Waals surface area contributed by atoms with Gasteiger partial charge in [-0.3, -0.25) is 9.89 Å². The molecule has 0 bridgehead atoms. The van der Waals surface area contributed by atoms with Crippen LogP contribution in [0, 0.1) is 0 Å². The third-order valence-corrected chi connectivity index (χ3v) is 2.34. The number of hydrogen-bond donors (Lipinski definition) is 2. The van der Waals surface area contributed by atoms with E-state index in [2.05, 4.69) is 10.2 Å². The lowest BCUT2D eigenvalue weighted by atomic mass is 10.1. The third-order valence-electron chi connectivity index (χ3n) is 2.34. The highest BCUT2D eigenvalue weighted by Crippen LogP contribution is 2.22. The number of carboxylic acids is 1. The Morgan fingerprint density at radius 2 is 2.29 bits per heavy atom. The maximum Gasteiger partial charge on any atom is 0.309 e. The number of carbonyl (C=O) groups is 1. The van der Waals surface area contributed by atoms with Crippen LogP contribution in [0.25, 0.3) is 11.3 Å². The molecule has 2 aromatic rings. The van der Waals surface area contributed by atoms with E-state index in [4.69, 9.17) is 9.84 Å². The molecule has 0 aliphatic rings. The lowest BCUT2D eigenvalue weighted by Gasteiger charge is -2.00. The van der Waals surface area contributed by atoms with Crippen LogP contribution >= 0.6 is 0 Å². The monoisotopic (exact) mass is 232 g/mol. The summed E-state index contributed by atoms with van der Waals surface area (Å²) < 4.78 is 5.12. The van der Waals surface area contributed by atoms with Crippen molar-refractivity contribution in [2.75, 3.05) is 7.11 Å². The number of rotatable bonds is 4. The molecule has 5 heteroatoms. The Kier molecular flexibility index (Phi) is 3.09. The second kappa shape index (κ2) is 4.69. The first-order chi connectivity index (χ1) is 8.19. The predicted octanol–water partition coefficient (Wildman–Crippen LogP) is 1.71. The maximum absolute atomic E-state index is 10.5. The molecule has 5 nitrogen and oxygen atoms in total. The molecule has 0 radical (unpaired) electrons. The number of nitrogens with zero attached hydrogens (tertiary/aromatic N) is 1. The van der Waals surface area contributed by atoms with Crippen molar-refractivity contribution in [3.05, 3.63) is 36.0 Å². The fraction of sp³-hybridized carbons (Fsp3) is 0.167. The normalized spacial score (nSPS) is 10.2. The summed E-state index contributed by atoms with van der Waals surface area (Å²) in [7, 11) is 1.60. The van der Waals surface area contributed by atoms with Gasteiger partial charge in [0.1, 0.15) is 5.75 Å². The number of ether oxygens (including phenoxy) is 1. The van der Waals surface area contributed by atoms with Crippen LogP contribution in [0.15, 0.2) is 30.3 Å². The smallest absolute Gasteiger partial charge is 0.309 e. The number of aromatic amines is 1. The van der Waals surface area contributed by atoms with E-state index in [0.717, 1.165) is 11.3 Å². The fourth-order valence-electron chi connectivity index (χ4n) is 1.55. The molecule has 88 valence electrons. The molecule has 0 unspecified atom stereocenters. The number of H-pyrrole nitrogens is 1. The maximum atomic E-state index is 10.5. The van der Waals surface area contributed by atoms with E-state index in [1.165, 1.54) is 0 Å². The van der Waals surface area contributed by atoms with Crippen molar-refractivity contribution in [3.8, 4) is 17.0 Å². The van der Waals surface area contributed by atoms with Crippen LogP contribution in [0.4, 0.5) is 0 Å². The lowest BCUT2D eigenvalue weighted by molar-refractivity contribution is -0.136. The minimum absolute atomic E-state index is 0.0586. The minimum atomic E-state index is -0.883. The predicted molar refractivity (Wildman–Crippen MR) is 61.9 cm³/mol. The van der Waals surface area contributed by atoms with Gasteiger partial charge in [0.15, 0.2) is 0 Å². The van der Waals surface area contributed by atoms with E-state index in [1.54, 1.807) is 13.2 Å². The molecule has 0 aliphatic carbocycles. The largest absolute Gasteiger partial charge is 0.497 e. The first-order valence-corrected chi connectivity index (χ1v) is 5.09. The van der Waals surface area contributed by atoms with E-state index < -0.39 is 5.97 Å². The van der Waals surface area contributed by atoms with Crippen molar-refractivity contribution in [1.29, 1.82) is 0 Å². The molecular formula is C12H12N2O3. The summed E-state index contributed by atoms with van der Waals surface area (Å²) in [5.74, 6) is -0.142. The second-order valence-corrected chi connectivity index (χ2v) is 3.58. The van der Waals surface area contributed by atoms with E-state index in [0.29, 0.717) is 11.4 Å². The molecule has 2 rings (SSSR count). The Balaban J connectivity index is 2.26. The van der Waals surface area contributed by atoms with Crippen molar-refractivity contribution in [1.82, 2.24) is 10.2 Å². The Labute approximate surface area is 98.0 Å². The van der Waals surface area contributed by atoms with E-state index in [9.17, 15) is 4.79 Å². The topological polar surface area (TPSA) is 75.2 Å². The average Bonchev–Trinajstić information content (AvgIpc) is 2.77. The molecule has 0 atom stereocenters. The van der Waals surface area contributed by atoms with Gasteiger partial charge in [0.2, 0.25) is 0 Å². The minimum Gasteiger partial charge on any atom is -0.497 e. The molecule has 0 saturated carbocycles. The van der Waals surface area contributed by atoms with Crippen molar-refractivity contribution in [2.24, 2.45) is 0 Å². The summed E-state index contributed by atoms with van der Waals surface area (Å²) in [5.41, 5.74) is 2.17. The molecule has 1 heterocycles. The SMILES string of the molecule is COc1cccc(-c2cc(CC(=O)O)[nH]n2)c1. The third kappa shape index (κ3) is 2.63. The number of aliphatic carboxylic acids is 1. The summed E-state index contributed by atoms with van der Waals surface area (Å²) in [5, 5.41) is 15.4. The molecule has 1 aromatic carbocycles. The highest BCUT2D eigenvalue weighted by Gasteiger charge is 2.07. The first-order valence-electron chi connectivity index (χ1n) is 5.09. The Bertz CT molecular complexity index is 534. The number of methoxy groups -OCH3 is 1. The molecule has 0 amide bonds. The van der Waals surface area contributed by atoms with Crippen LogP contribution in [-0.4, -0.2) is 28.4 Å². The number of carboxylic acid groups (broad SMARTS) is 1. The number of aromatic nitrogens is 2. The van der Waals surface area contributed by atoms with Gasteiger partial charge < -0.3 is 9.84 Å². The summed E-state index contributed by atoms with van der Waals surface area (Å²) in [6.45, 7) is 0. The van der Waals surface area contributed by atoms with Crippen molar-refractivity contribution in [2.45, 2.75) is 6.42 Å². The van der Waals surface area contributed by atoms with Gasteiger partial charge in [-0.1, -0.05) is 12.1 Å². The van der Waals surface area contributed by atoms with Crippen molar-refractivity contribution >= 4 is 5.97 Å². The molecule has 1 aromatic heterocycles. The van der Waals surface area contributed by atoms with Gasteiger partial charge in [0, 0.05) is 11.3 Å². The van der Waals surface area contributed by atoms with Crippen LogP contribution < -0.4 is 4.74 Å². The van der Waals surface area contributed by atoms with Gasteiger partial charge in [0.05, 0.1) is 19.2 Å². The zero-order chi connectivity index (χ0) is 12.3. The molecule has 0 fully saturated rings. The lowest BCUT2D eigenvalue weighted by Crippen LogP contribution is -1.99. The zero-order valence-electron chi connectivity index (χ0n) is 9.30. The van der Waals surface area contributed by atoms with Gasteiger partial charge in [-0.15, -0.1) is 0 Å². The number of nitrogens with one attached hydrogen (secondary N) is 1. The van der Waals surface area contributed by atoms with E-state index in [1.807, 2.05) is 24.3 Å². The quantitative estimate of drug-likeness (QED) is 0.841. The second-order valence-electron chi connectivity index (χ2n) is 3.58. The van der Waals surface area contributed by atoms with Crippen LogP contribution in [0.5, 0.6) is 5.75 Å². The van der Waals surface area contributed by atoms with E-state index >= 15 is 0 Å². The van der Waals surface area contributed by atoms with Crippen molar-refractivity contribution in [3.63, 3.8) is 0 Å². The number of hydrogen-bond acceptors (Lipinski definition) is 3. The molecule has 2 N–H and O–H groups in total. The average molecular weight is 232 g/mol. The molecular weight excluding hydrogens is 220 g/mol. The summed E-state index contributed by atoms with van der Waals surface area (Å²) >= 11 is 0. The van der Waals surface area contributed by atoms with Crippen molar-refractivity contribution < 1.29 is 14.6 Å². The summed E-state index contributed by atoms with van der Waals surface area (Å²) in [6, 6.07) is 9.17. The van der Waals surface area contributed by atoms with Gasteiger partial charge in [-0.25, -0.2) is 0 Å². The van der Waals surface area contributed by atoms with Crippen LogP contribution in [0.1, 0.15) is 5.69 Å². The molecule has 0 spiro atoms. The summed E-state index contributed by atoms with van der Waals surface area (Å²) in [4.78, 5) is 10.5. The molecule has 0 saturated heterocycles. The highest BCUT2D eigenvalue weighted by molar-refractivity contribution is 5.70. The van der Waals surface area contributed by atoms with Gasteiger partial charge in [-0.05, 0) is 18.2 Å². The molecule has 17 heavy (non-hydrogen) atoms. The van der Waals surface area contributed by atoms with Crippen LogP contribution in [-0.2, 0) is 11.2 Å². The Hall–Kier alpha value is -2.30. The fourth-order valence-corrected chi connectivity index (χ4v) is 1.55. The standard InChI is InChI=1S/C12H12N2O3/c1-17-10-4-2-3-8(5-10)11-6-9(13-14-11)7-12(15)16/h2-6H,7H2,1H3,(H,13,14)(H,15,16). The van der Waals surface area contributed by atoms with Crippen LogP contribution in [0.2, 0.25) is 0 Å². The Morgan fingerprint density at radius 1 is 1.47 bits per heavy atom. The van der Waals surface area contributed by atoms with Crippen LogP contribution in [0.3, 0.4) is 0 Å². The Morgan fingerprint density at radius 3 is 3.00 bits per heavy atom. The molecule has 0 aliphatic heterocycles. The number of benzene rings is 1. The van der Waals surface area contributed by atoms with Gasteiger partial charge >= 0.3 is 5.97 Å². The zero-order valence-corrected chi connectivity index (χ0v) is 9.30. The van der Waals surface area contributed by atoms with E-state index in [-0.39, 0.29) is 6.42 Å².